The van der Waals surface area contributed by atoms with Crippen molar-refractivity contribution in [1.82, 2.24) is 4.98 Å². The third kappa shape index (κ3) is 3.38. The van der Waals surface area contributed by atoms with Crippen molar-refractivity contribution in [3.63, 3.8) is 0 Å². The van der Waals surface area contributed by atoms with Crippen LogP contribution in [0.2, 0.25) is 0 Å². The third-order valence-electron chi connectivity index (χ3n) is 2.84. The molecule has 110 valence electrons. The fourth-order valence-corrected chi connectivity index (χ4v) is 2.68. The molecule has 0 aliphatic carbocycles. The monoisotopic (exact) mass is 306 g/mol. The summed E-state index contributed by atoms with van der Waals surface area (Å²) in [7, 11) is -3.48. The van der Waals surface area contributed by atoms with E-state index < -0.39 is 21.2 Å². The normalized spacial score (nSPS) is 11.1. The topological polar surface area (TPSA) is 96.1 Å². The maximum absolute atomic E-state index is 12.1. The van der Waals surface area contributed by atoms with Gasteiger partial charge >= 0.3 is 0 Å². The van der Waals surface area contributed by atoms with Gasteiger partial charge < -0.3 is 10.3 Å². The van der Waals surface area contributed by atoms with Gasteiger partial charge in [-0.3, -0.25) is 9.59 Å². The fraction of sp³-hybridized carbons (Fsp3) is 0.143. The largest absolute Gasteiger partial charge is 0.364 e. The Hall–Kier alpha value is -2.41. The van der Waals surface area contributed by atoms with Gasteiger partial charge in [0.15, 0.2) is 15.3 Å². The first-order valence-corrected chi connectivity index (χ1v) is 7.98. The molecule has 0 aliphatic rings. The third-order valence-corrected chi connectivity index (χ3v) is 3.99. The van der Waals surface area contributed by atoms with E-state index in [0.29, 0.717) is 5.69 Å². The van der Waals surface area contributed by atoms with Crippen LogP contribution in [-0.2, 0) is 9.84 Å². The Morgan fingerprint density at radius 2 is 1.90 bits per heavy atom. The second-order valence-corrected chi connectivity index (χ2v) is 6.60. The van der Waals surface area contributed by atoms with Crippen molar-refractivity contribution in [1.29, 1.82) is 0 Å². The maximum atomic E-state index is 12.1. The number of anilines is 1. The minimum Gasteiger partial charge on any atom is -0.364 e. The summed E-state index contributed by atoms with van der Waals surface area (Å²) in [6.45, 7) is 1.70. The van der Waals surface area contributed by atoms with Gasteiger partial charge in [0.2, 0.25) is 0 Å². The van der Waals surface area contributed by atoms with Crippen LogP contribution in [-0.4, -0.2) is 25.6 Å². The van der Waals surface area contributed by atoms with Gasteiger partial charge in [0.1, 0.15) is 5.56 Å². The smallest absolute Gasteiger partial charge is 0.261 e. The molecule has 2 aromatic rings. The molecule has 2 rings (SSSR count). The van der Waals surface area contributed by atoms with Gasteiger partial charge in [0.05, 0.1) is 10.6 Å². The Labute approximate surface area is 121 Å². The lowest BCUT2D eigenvalue weighted by atomic mass is 10.2. The molecular formula is C14H14N2O4S. The Morgan fingerprint density at radius 3 is 2.52 bits per heavy atom. The summed E-state index contributed by atoms with van der Waals surface area (Å²) >= 11 is 0. The molecule has 0 saturated carbocycles. The molecule has 0 aliphatic heterocycles. The maximum Gasteiger partial charge on any atom is 0.261 e. The fourth-order valence-electron chi connectivity index (χ4n) is 1.83. The van der Waals surface area contributed by atoms with Gasteiger partial charge in [0.25, 0.3) is 5.91 Å². The van der Waals surface area contributed by atoms with Crippen LogP contribution in [0.5, 0.6) is 0 Å². The van der Waals surface area contributed by atoms with E-state index in [9.17, 15) is 18.0 Å². The molecule has 2 N–H and O–H groups in total. The van der Waals surface area contributed by atoms with Crippen molar-refractivity contribution in [2.75, 3.05) is 11.6 Å². The number of sulfone groups is 1. The van der Waals surface area contributed by atoms with E-state index in [4.69, 9.17) is 0 Å². The van der Waals surface area contributed by atoms with Crippen molar-refractivity contribution in [3.05, 3.63) is 58.0 Å². The highest BCUT2D eigenvalue weighted by molar-refractivity contribution is 7.90. The summed E-state index contributed by atoms with van der Waals surface area (Å²) in [6.07, 6.45) is 2.35. The molecule has 0 spiro atoms. The van der Waals surface area contributed by atoms with Gasteiger partial charge in [-0.1, -0.05) is 12.1 Å². The van der Waals surface area contributed by atoms with E-state index in [1.165, 1.54) is 24.4 Å². The number of aromatic nitrogens is 1. The first kappa shape index (κ1) is 15.0. The van der Waals surface area contributed by atoms with E-state index in [1.807, 2.05) is 0 Å². The summed E-state index contributed by atoms with van der Waals surface area (Å²) in [5, 5.41) is 2.46. The summed E-state index contributed by atoms with van der Waals surface area (Å²) < 4.78 is 23.3. The van der Waals surface area contributed by atoms with E-state index >= 15 is 0 Å². The second-order valence-electron chi connectivity index (χ2n) is 4.62. The predicted octanol–water partition coefficient (Wildman–Crippen LogP) is 1.34. The SMILES string of the molecule is Cc1cc(=O)c(C(=O)Nc2ccccc2S(C)(=O)=O)c[nH]1. The summed E-state index contributed by atoms with van der Waals surface area (Å²) in [5.41, 5.74) is 0.266. The van der Waals surface area contributed by atoms with Crippen molar-refractivity contribution >= 4 is 21.4 Å². The molecule has 0 fully saturated rings. The number of hydrogen-bond donors (Lipinski definition) is 2. The molecule has 1 aromatic carbocycles. The summed E-state index contributed by atoms with van der Waals surface area (Å²) in [6, 6.07) is 7.33. The Morgan fingerprint density at radius 1 is 1.24 bits per heavy atom. The van der Waals surface area contributed by atoms with Crippen LogP contribution in [0.3, 0.4) is 0 Å². The van der Waals surface area contributed by atoms with Crippen molar-refractivity contribution < 1.29 is 13.2 Å². The number of aryl methyl sites for hydroxylation is 1. The molecule has 6 nitrogen and oxygen atoms in total. The van der Waals surface area contributed by atoms with Crippen LogP contribution >= 0.6 is 0 Å². The van der Waals surface area contributed by atoms with Crippen LogP contribution in [0.4, 0.5) is 5.69 Å². The average molecular weight is 306 g/mol. The molecule has 0 atom stereocenters. The van der Waals surface area contributed by atoms with Gasteiger partial charge in [-0.25, -0.2) is 8.42 Å². The highest BCUT2D eigenvalue weighted by Gasteiger charge is 2.16. The first-order chi connectivity index (χ1) is 9.79. The molecule has 1 amide bonds. The molecule has 0 saturated heterocycles. The number of H-pyrrole nitrogens is 1. The quantitative estimate of drug-likeness (QED) is 0.894. The van der Waals surface area contributed by atoms with Gasteiger partial charge in [-0.2, -0.15) is 0 Å². The molecular weight excluding hydrogens is 292 g/mol. The number of pyridine rings is 1. The van der Waals surface area contributed by atoms with Gasteiger partial charge in [-0.15, -0.1) is 0 Å². The average Bonchev–Trinajstić information content (AvgIpc) is 2.37. The standard InChI is InChI=1S/C14H14N2O4S/c1-9-7-12(17)10(8-15-9)14(18)16-11-5-3-4-6-13(11)21(2,19)20/h3-8H,1-2H3,(H,15,17)(H,16,18). The van der Waals surface area contributed by atoms with Gasteiger partial charge in [0, 0.05) is 24.2 Å². The van der Waals surface area contributed by atoms with Crippen LogP contribution in [0, 0.1) is 6.92 Å². The van der Waals surface area contributed by atoms with Gasteiger partial charge in [-0.05, 0) is 19.1 Å². The number of para-hydroxylation sites is 1. The summed E-state index contributed by atoms with van der Waals surface area (Å²) in [5.74, 6) is -0.660. The van der Waals surface area contributed by atoms with E-state index in [2.05, 4.69) is 10.3 Å². The van der Waals surface area contributed by atoms with Crippen molar-refractivity contribution in [2.45, 2.75) is 11.8 Å². The predicted molar refractivity (Wildman–Crippen MR) is 79.3 cm³/mol. The van der Waals surface area contributed by atoms with E-state index in [0.717, 1.165) is 6.26 Å². The number of carbonyl (C=O) groups is 1. The molecule has 7 heteroatoms. The highest BCUT2D eigenvalue weighted by atomic mass is 32.2. The number of carbonyl (C=O) groups excluding carboxylic acids is 1. The number of rotatable bonds is 3. The minimum atomic E-state index is -3.48. The molecule has 0 radical (unpaired) electrons. The molecule has 0 unspecified atom stereocenters. The number of nitrogens with one attached hydrogen (secondary N) is 2. The lowest BCUT2D eigenvalue weighted by molar-refractivity contribution is 0.102. The number of aromatic amines is 1. The Balaban J connectivity index is 2.39. The Bertz CT molecular complexity index is 853. The van der Waals surface area contributed by atoms with Crippen molar-refractivity contribution in [2.24, 2.45) is 0 Å². The van der Waals surface area contributed by atoms with Crippen LogP contribution in [0.25, 0.3) is 0 Å². The lowest BCUT2D eigenvalue weighted by Crippen LogP contribution is -2.22. The van der Waals surface area contributed by atoms with Crippen LogP contribution in [0.15, 0.2) is 46.2 Å². The van der Waals surface area contributed by atoms with E-state index in [1.54, 1.807) is 19.1 Å². The Kier molecular flexibility index (Phi) is 3.95. The number of benzene rings is 1. The second kappa shape index (κ2) is 5.53. The summed E-state index contributed by atoms with van der Waals surface area (Å²) in [4.78, 5) is 26.6. The zero-order valence-corrected chi connectivity index (χ0v) is 12.3. The zero-order valence-electron chi connectivity index (χ0n) is 11.5. The van der Waals surface area contributed by atoms with Crippen LogP contribution in [0.1, 0.15) is 16.1 Å². The lowest BCUT2D eigenvalue weighted by Gasteiger charge is -2.09. The minimum absolute atomic E-state index is 0.00175. The van der Waals surface area contributed by atoms with Crippen molar-refractivity contribution in [3.8, 4) is 0 Å². The number of hydrogen-bond acceptors (Lipinski definition) is 4. The molecule has 1 heterocycles. The van der Waals surface area contributed by atoms with E-state index in [-0.39, 0.29) is 16.1 Å². The first-order valence-electron chi connectivity index (χ1n) is 6.09. The van der Waals surface area contributed by atoms with Crippen LogP contribution < -0.4 is 10.7 Å². The zero-order chi connectivity index (χ0) is 15.6. The highest BCUT2D eigenvalue weighted by Crippen LogP contribution is 2.20. The molecule has 21 heavy (non-hydrogen) atoms. The molecule has 0 bridgehead atoms. The number of amides is 1. The molecule has 1 aromatic heterocycles.